The standard InChI is InChI=1S/C24H41N5/c1-25-24(26-14-9-17-28-15-7-2-3-8-16-28)27-20-23-13-19-29(21-23)18-12-22-10-5-4-6-11-22/h4-6,10-11,23H,2-3,7-9,12-21H2,1H3,(H2,25,26,27). The Balaban J connectivity index is 1.25. The van der Waals surface area contributed by atoms with Crippen molar-refractivity contribution in [1.82, 2.24) is 20.4 Å². The lowest BCUT2D eigenvalue weighted by Crippen LogP contribution is -2.41. The first-order chi connectivity index (χ1) is 14.3. The zero-order valence-electron chi connectivity index (χ0n) is 18.4. The molecule has 3 rings (SSSR count). The lowest BCUT2D eigenvalue weighted by molar-refractivity contribution is 0.282. The molecule has 2 fully saturated rings. The van der Waals surface area contributed by atoms with Crippen molar-refractivity contribution in [2.45, 2.75) is 44.9 Å². The van der Waals surface area contributed by atoms with E-state index >= 15 is 0 Å². The van der Waals surface area contributed by atoms with Gasteiger partial charge >= 0.3 is 0 Å². The fourth-order valence-electron chi connectivity index (χ4n) is 4.55. The van der Waals surface area contributed by atoms with Gasteiger partial charge in [0.2, 0.25) is 0 Å². The lowest BCUT2D eigenvalue weighted by Gasteiger charge is -2.20. The summed E-state index contributed by atoms with van der Waals surface area (Å²) in [5.74, 6) is 1.69. The van der Waals surface area contributed by atoms with E-state index < -0.39 is 0 Å². The molecule has 2 heterocycles. The fraction of sp³-hybridized carbons (Fsp3) is 0.708. The Morgan fingerprint density at radius 1 is 0.966 bits per heavy atom. The number of guanidine groups is 1. The Morgan fingerprint density at radius 2 is 1.76 bits per heavy atom. The molecular formula is C24H41N5. The van der Waals surface area contributed by atoms with Crippen molar-refractivity contribution >= 4 is 5.96 Å². The van der Waals surface area contributed by atoms with Gasteiger partial charge in [0.15, 0.2) is 5.96 Å². The van der Waals surface area contributed by atoms with Gasteiger partial charge in [-0.25, -0.2) is 0 Å². The van der Waals surface area contributed by atoms with E-state index in [9.17, 15) is 0 Å². The van der Waals surface area contributed by atoms with Crippen molar-refractivity contribution in [1.29, 1.82) is 0 Å². The molecule has 162 valence electrons. The van der Waals surface area contributed by atoms with Crippen LogP contribution in [0.4, 0.5) is 0 Å². The molecule has 2 aliphatic rings. The second kappa shape index (κ2) is 12.9. The zero-order valence-corrected chi connectivity index (χ0v) is 18.4. The maximum Gasteiger partial charge on any atom is 0.190 e. The number of aliphatic imine (C=N–C) groups is 1. The summed E-state index contributed by atoms with van der Waals surface area (Å²) in [6.45, 7) is 9.41. The van der Waals surface area contributed by atoms with Crippen LogP contribution in [0.2, 0.25) is 0 Å². The van der Waals surface area contributed by atoms with Crippen LogP contribution in [0.3, 0.4) is 0 Å². The SMILES string of the molecule is CN=C(NCCCN1CCCCCC1)NCC1CCN(CCc2ccccc2)C1. The van der Waals surface area contributed by atoms with Gasteiger partial charge < -0.3 is 20.4 Å². The maximum atomic E-state index is 4.41. The molecule has 0 radical (unpaired) electrons. The second-order valence-electron chi connectivity index (χ2n) is 8.68. The zero-order chi connectivity index (χ0) is 20.2. The predicted octanol–water partition coefficient (Wildman–Crippen LogP) is 2.98. The van der Waals surface area contributed by atoms with Gasteiger partial charge in [0.05, 0.1) is 0 Å². The third-order valence-electron chi connectivity index (χ3n) is 6.35. The number of benzene rings is 1. The largest absolute Gasteiger partial charge is 0.356 e. The van der Waals surface area contributed by atoms with Crippen molar-refractivity contribution in [3.8, 4) is 0 Å². The van der Waals surface area contributed by atoms with Gasteiger partial charge in [-0.05, 0) is 69.8 Å². The topological polar surface area (TPSA) is 42.9 Å². The van der Waals surface area contributed by atoms with Crippen molar-refractivity contribution in [2.24, 2.45) is 10.9 Å². The van der Waals surface area contributed by atoms with Crippen molar-refractivity contribution < 1.29 is 0 Å². The molecule has 5 heteroatoms. The molecule has 0 bridgehead atoms. The van der Waals surface area contributed by atoms with E-state index in [0.717, 1.165) is 31.4 Å². The van der Waals surface area contributed by atoms with E-state index in [2.05, 4.69) is 55.8 Å². The molecule has 0 saturated carbocycles. The normalized spacial score (nSPS) is 21.8. The Kier molecular flexibility index (Phi) is 9.80. The van der Waals surface area contributed by atoms with E-state index in [1.165, 1.54) is 83.4 Å². The highest BCUT2D eigenvalue weighted by atomic mass is 15.2. The average Bonchev–Trinajstić information content (AvgIpc) is 3.06. The molecule has 0 aliphatic carbocycles. The van der Waals surface area contributed by atoms with Crippen molar-refractivity contribution in [3.63, 3.8) is 0 Å². The molecule has 1 unspecified atom stereocenters. The second-order valence-corrected chi connectivity index (χ2v) is 8.68. The Labute approximate surface area is 178 Å². The summed E-state index contributed by atoms with van der Waals surface area (Å²) >= 11 is 0. The molecule has 5 nitrogen and oxygen atoms in total. The molecule has 1 aromatic carbocycles. The molecule has 29 heavy (non-hydrogen) atoms. The summed E-state index contributed by atoms with van der Waals surface area (Å²) in [6.07, 6.45) is 9.21. The Bertz CT molecular complexity index is 580. The number of rotatable bonds is 9. The Hall–Kier alpha value is -1.59. The minimum Gasteiger partial charge on any atom is -0.356 e. The quantitative estimate of drug-likeness (QED) is 0.381. The third-order valence-corrected chi connectivity index (χ3v) is 6.35. The first kappa shape index (κ1) is 22.1. The highest BCUT2D eigenvalue weighted by molar-refractivity contribution is 5.79. The molecule has 1 aromatic rings. The molecule has 2 saturated heterocycles. The van der Waals surface area contributed by atoms with Crippen LogP contribution < -0.4 is 10.6 Å². The molecule has 0 spiro atoms. The van der Waals surface area contributed by atoms with Gasteiger partial charge in [0.1, 0.15) is 0 Å². The summed E-state index contributed by atoms with van der Waals surface area (Å²) in [5.41, 5.74) is 1.44. The summed E-state index contributed by atoms with van der Waals surface area (Å²) in [7, 11) is 1.88. The number of hydrogen-bond acceptors (Lipinski definition) is 3. The highest BCUT2D eigenvalue weighted by Gasteiger charge is 2.22. The van der Waals surface area contributed by atoms with Crippen LogP contribution in [0.15, 0.2) is 35.3 Å². The van der Waals surface area contributed by atoms with Crippen LogP contribution in [0.5, 0.6) is 0 Å². The van der Waals surface area contributed by atoms with Crippen LogP contribution in [-0.2, 0) is 6.42 Å². The summed E-state index contributed by atoms with van der Waals surface area (Å²) in [5, 5.41) is 7.06. The number of nitrogens with zero attached hydrogens (tertiary/aromatic N) is 3. The van der Waals surface area contributed by atoms with E-state index in [-0.39, 0.29) is 0 Å². The van der Waals surface area contributed by atoms with Gasteiger partial charge in [0.25, 0.3) is 0 Å². The van der Waals surface area contributed by atoms with E-state index in [0.29, 0.717) is 0 Å². The summed E-state index contributed by atoms with van der Waals surface area (Å²) in [6, 6.07) is 10.8. The van der Waals surface area contributed by atoms with Crippen LogP contribution >= 0.6 is 0 Å². The predicted molar refractivity (Wildman–Crippen MR) is 124 cm³/mol. The van der Waals surface area contributed by atoms with Gasteiger partial charge in [0, 0.05) is 33.2 Å². The first-order valence-electron chi connectivity index (χ1n) is 11.8. The molecular weight excluding hydrogens is 358 g/mol. The number of nitrogens with one attached hydrogen (secondary N) is 2. The van der Waals surface area contributed by atoms with E-state index in [1.54, 1.807) is 0 Å². The van der Waals surface area contributed by atoms with Gasteiger partial charge in [-0.15, -0.1) is 0 Å². The minimum atomic E-state index is 0.724. The van der Waals surface area contributed by atoms with Crippen LogP contribution in [0, 0.1) is 5.92 Å². The van der Waals surface area contributed by atoms with Gasteiger partial charge in [-0.1, -0.05) is 43.2 Å². The number of hydrogen-bond donors (Lipinski definition) is 2. The summed E-state index contributed by atoms with van der Waals surface area (Å²) < 4.78 is 0. The first-order valence-corrected chi connectivity index (χ1v) is 11.8. The fourth-order valence-corrected chi connectivity index (χ4v) is 4.55. The van der Waals surface area contributed by atoms with Crippen molar-refractivity contribution in [3.05, 3.63) is 35.9 Å². The minimum absolute atomic E-state index is 0.724. The van der Waals surface area contributed by atoms with E-state index in [1.807, 2.05) is 7.05 Å². The van der Waals surface area contributed by atoms with Gasteiger partial charge in [-0.3, -0.25) is 4.99 Å². The number of likely N-dealkylation sites (tertiary alicyclic amines) is 2. The van der Waals surface area contributed by atoms with Crippen molar-refractivity contribution in [2.75, 3.05) is 59.4 Å². The Morgan fingerprint density at radius 3 is 2.52 bits per heavy atom. The smallest absolute Gasteiger partial charge is 0.190 e. The molecule has 2 aliphatic heterocycles. The average molecular weight is 400 g/mol. The van der Waals surface area contributed by atoms with Gasteiger partial charge in [-0.2, -0.15) is 0 Å². The van der Waals surface area contributed by atoms with Crippen LogP contribution in [-0.4, -0.2) is 75.2 Å². The molecule has 1 atom stereocenters. The molecule has 0 aromatic heterocycles. The third kappa shape index (κ3) is 8.35. The molecule has 2 N–H and O–H groups in total. The van der Waals surface area contributed by atoms with Crippen LogP contribution in [0.25, 0.3) is 0 Å². The monoisotopic (exact) mass is 399 g/mol. The highest BCUT2D eigenvalue weighted by Crippen LogP contribution is 2.16. The lowest BCUT2D eigenvalue weighted by atomic mass is 10.1. The van der Waals surface area contributed by atoms with Crippen LogP contribution in [0.1, 0.15) is 44.1 Å². The molecule has 0 amide bonds. The maximum absolute atomic E-state index is 4.41. The summed E-state index contributed by atoms with van der Waals surface area (Å²) in [4.78, 5) is 9.65. The van der Waals surface area contributed by atoms with E-state index in [4.69, 9.17) is 0 Å².